The van der Waals surface area contributed by atoms with E-state index in [2.05, 4.69) is 53.0 Å². The predicted molar refractivity (Wildman–Crippen MR) is 75.6 cm³/mol. The van der Waals surface area contributed by atoms with E-state index in [4.69, 9.17) is 0 Å². The van der Waals surface area contributed by atoms with Crippen molar-refractivity contribution in [2.75, 3.05) is 7.05 Å². The topological polar surface area (TPSA) is 29.9 Å². The van der Waals surface area contributed by atoms with Crippen molar-refractivity contribution in [1.29, 1.82) is 0 Å². The van der Waals surface area contributed by atoms with Crippen LogP contribution in [0, 0.1) is 0 Å². The van der Waals surface area contributed by atoms with Crippen molar-refractivity contribution in [2.24, 2.45) is 0 Å². The summed E-state index contributed by atoms with van der Waals surface area (Å²) in [6.07, 6.45) is 4.87. The van der Waals surface area contributed by atoms with Gasteiger partial charge in [-0.05, 0) is 38.4 Å². The molecule has 0 spiro atoms. The van der Waals surface area contributed by atoms with Crippen molar-refractivity contribution < 1.29 is 0 Å². The lowest BCUT2D eigenvalue weighted by molar-refractivity contribution is 0.608. The van der Waals surface area contributed by atoms with Crippen LogP contribution in [0.2, 0.25) is 0 Å². The molecular weight excluding hydrogens is 222 g/mol. The van der Waals surface area contributed by atoms with E-state index in [1.54, 1.807) is 0 Å². The zero-order valence-electron chi connectivity index (χ0n) is 11.4. The molecule has 96 valence electrons. The van der Waals surface area contributed by atoms with Crippen molar-refractivity contribution in [3.63, 3.8) is 0 Å². The normalized spacial score (nSPS) is 12.6. The highest BCUT2D eigenvalue weighted by Crippen LogP contribution is 2.19. The lowest BCUT2D eigenvalue weighted by Crippen LogP contribution is -2.23. The number of rotatable bonds is 5. The van der Waals surface area contributed by atoms with E-state index < -0.39 is 0 Å². The number of likely N-dealkylation sites (N-methyl/N-ethyl adjacent to an activating group) is 1. The molecule has 0 radical (unpaired) electrons. The largest absolute Gasteiger partial charge is 0.331 e. The molecule has 0 bridgehead atoms. The standard InChI is InChI=1S/C15H21N3/c1-4-18-11-17-10-15(18)14-7-5-13(6-8-14)9-12(2)16-3/h5-8,10-12,16H,4,9H2,1-3H3. The molecule has 1 unspecified atom stereocenters. The molecule has 3 nitrogen and oxygen atoms in total. The van der Waals surface area contributed by atoms with Gasteiger partial charge >= 0.3 is 0 Å². The summed E-state index contributed by atoms with van der Waals surface area (Å²) >= 11 is 0. The molecule has 1 heterocycles. The van der Waals surface area contributed by atoms with Crippen LogP contribution in [-0.2, 0) is 13.0 Å². The maximum absolute atomic E-state index is 4.21. The quantitative estimate of drug-likeness (QED) is 0.875. The fraction of sp³-hybridized carbons (Fsp3) is 0.400. The SMILES string of the molecule is CCn1cncc1-c1ccc(CC(C)NC)cc1. The van der Waals surface area contributed by atoms with E-state index in [-0.39, 0.29) is 0 Å². The Bertz CT molecular complexity index is 485. The Morgan fingerprint density at radius 2 is 2.00 bits per heavy atom. The molecule has 0 aliphatic rings. The highest BCUT2D eigenvalue weighted by molar-refractivity contribution is 5.59. The van der Waals surface area contributed by atoms with Gasteiger partial charge in [0, 0.05) is 12.6 Å². The molecule has 0 aliphatic carbocycles. The summed E-state index contributed by atoms with van der Waals surface area (Å²) in [5, 5.41) is 3.26. The molecule has 2 aromatic rings. The molecule has 0 amide bonds. The number of aryl methyl sites for hydroxylation is 1. The Morgan fingerprint density at radius 3 is 2.61 bits per heavy atom. The Kier molecular flexibility index (Phi) is 4.15. The molecule has 1 aromatic heterocycles. The summed E-state index contributed by atoms with van der Waals surface area (Å²) < 4.78 is 2.16. The average Bonchev–Trinajstić information content (AvgIpc) is 2.87. The van der Waals surface area contributed by atoms with Crippen LogP contribution in [0.15, 0.2) is 36.8 Å². The van der Waals surface area contributed by atoms with Gasteiger partial charge in [-0.2, -0.15) is 0 Å². The third-order valence-corrected chi connectivity index (χ3v) is 3.34. The molecule has 0 aliphatic heterocycles. The first-order valence-corrected chi connectivity index (χ1v) is 6.51. The summed E-state index contributed by atoms with van der Waals surface area (Å²) in [5.74, 6) is 0. The van der Waals surface area contributed by atoms with Crippen LogP contribution in [0.3, 0.4) is 0 Å². The van der Waals surface area contributed by atoms with Gasteiger partial charge in [0.25, 0.3) is 0 Å². The predicted octanol–water partition coefficient (Wildman–Crippen LogP) is 2.72. The molecule has 2 rings (SSSR count). The van der Waals surface area contributed by atoms with Crippen LogP contribution in [-0.4, -0.2) is 22.6 Å². The third kappa shape index (κ3) is 2.79. The van der Waals surface area contributed by atoms with Gasteiger partial charge < -0.3 is 9.88 Å². The number of nitrogens with one attached hydrogen (secondary N) is 1. The summed E-state index contributed by atoms with van der Waals surface area (Å²) in [5.41, 5.74) is 3.78. The second kappa shape index (κ2) is 5.83. The van der Waals surface area contributed by atoms with Gasteiger partial charge in [0.1, 0.15) is 0 Å². The highest BCUT2D eigenvalue weighted by Gasteiger charge is 2.05. The van der Waals surface area contributed by atoms with Crippen LogP contribution in [0.1, 0.15) is 19.4 Å². The number of nitrogens with zero attached hydrogens (tertiary/aromatic N) is 2. The van der Waals surface area contributed by atoms with Gasteiger partial charge in [-0.25, -0.2) is 4.98 Å². The molecule has 1 atom stereocenters. The highest BCUT2D eigenvalue weighted by atomic mass is 15.0. The van der Waals surface area contributed by atoms with Gasteiger partial charge in [0.15, 0.2) is 0 Å². The number of hydrogen-bond donors (Lipinski definition) is 1. The molecule has 0 saturated carbocycles. The van der Waals surface area contributed by atoms with E-state index in [0.717, 1.165) is 13.0 Å². The zero-order chi connectivity index (χ0) is 13.0. The van der Waals surface area contributed by atoms with Crippen molar-refractivity contribution in [3.8, 4) is 11.3 Å². The monoisotopic (exact) mass is 243 g/mol. The lowest BCUT2D eigenvalue weighted by Gasteiger charge is -2.11. The molecule has 18 heavy (non-hydrogen) atoms. The summed E-state index contributed by atoms with van der Waals surface area (Å²) in [7, 11) is 2.00. The summed E-state index contributed by atoms with van der Waals surface area (Å²) in [6.45, 7) is 5.28. The van der Waals surface area contributed by atoms with Crippen LogP contribution >= 0.6 is 0 Å². The van der Waals surface area contributed by atoms with Crippen LogP contribution in [0.5, 0.6) is 0 Å². The smallest absolute Gasteiger partial charge is 0.0950 e. The molecular formula is C15H21N3. The molecule has 3 heteroatoms. The summed E-state index contributed by atoms with van der Waals surface area (Å²) in [4.78, 5) is 4.21. The van der Waals surface area contributed by atoms with Crippen LogP contribution < -0.4 is 5.32 Å². The second-order valence-corrected chi connectivity index (χ2v) is 4.66. The number of aromatic nitrogens is 2. The van der Waals surface area contributed by atoms with Gasteiger partial charge in [-0.1, -0.05) is 24.3 Å². The maximum atomic E-state index is 4.21. The number of hydrogen-bond acceptors (Lipinski definition) is 2. The summed E-state index contributed by atoms with van der Waals surface area (Å²) in [6, 6.07) is 9.28. The van der Waals surface area contributed by atoms with Gasteiger partial charge in [-0.3, -0.25) is 0 Å². The fourth-order valence-corrected chi connectivity index (χ4v) is 2.08. The van der Waals surface area contributed by atoms with Crippen molar-refractivity contribution in [2.45, 2.75) is 32.9 Å². The number of benzene rings is 1. The van der Waals surface area contributed by atoms with E-state index in [9.17, 15) is 0 Å². The van der Waals surface area contributed by atoms with E-state index in [0.29, 0.717) is 6.04 Å². The first kappa shape index (κ1) is 12.8. The Hall–Kier alpha value is -1.61. The lowest BCUT2D eigenvalue weighted by atomic mass is 10.0. The molecule has 0 fully saturated rings. The van der Waals surface area contributed by atoms with Gasteiger partial charge in [0.05, 0.1) is 18.2 Å². The van der Waals surface area contributed by atoms with Gasteiger partial charge in [0.2, 0.25) is 0 Å². The third-order valence-electron chi connectivity index (χ3n) is 3.34. The minimum Gasteiger partial charge on any atom is -0.331 e. The Labute approximate surface area is 109 Å². The molecule has 1 N–H and O–H groups in total. The average molecular weight is 243 g/mol. The Balaban J connectivity index is 2.17. The fourth-order valence-electron chi connectivity index (χ4n) is 2.08. The van der Waals surface area contributed by atoms with Crippen LogP contribution in [0.25, 0.3) is 11.3 Å². The van der Waals surface area contributed by atoms with E-state index in [1.807, 2.05) is 19.6 Å². The molecule has 0 saturated heterocycles. The van der Waals surface area contributed by atoms with Crippen LogP contribution in [0.4, 0.5) is 0 Å². The van der Waals surface area contributed by atoms with Gasteiger partial charge in [-0.15, -0.1) is 0 Å². The van der Waals surface area contributed by atoms with E-state index in [1.165, 1.54) is 16.8 Å². The van der Waals surface area contributed by atoms with Crippen molar-refractivity contribution >= 4 is 0 Å². The first-order chi connectivity index (χ1) is 8.74. The second-order valence-electron chi connectivity index (χ2n) is 4.66. The van der Waals surface area contributed by atoms with E-state index >= 15 is 0 Å². The number of imidazole rings is 1. The first-order valence-electron chi connectivity index (χ1n) is 6.51. The minimum atomic E-state index is 0.511. The van der Waals surface area contributed by atoms with Crippen molar-refractivity contribution in [1.82, 2.24) is 14.9 Å². The molecule has 1 aromatic carbocycles. The Morgan fingerprint density at radius 1 is 1.28 bits per heavy atom. The van der Waals surface area contributed by atoms with Crippen molar-refractivity contribution in [3.05, 3.63) is 42.4 Å². The minimum absolute atomic E-state index is 0.511. The maximum Gasteiger partial charge on any atom is 0.0950 e. The zero-order valence-corrected chi connectivity index (χ0v) is 11.4.